The first-order chi connectivity index (χ1) is 8.97. The Morgan fingerprint density at radius 3 is 2.58 bits per heavy atom. The number of alkyl halides is 3. The normalized spacial score (nSPS) is 11.4. The number of hydrogen-bond acceptors (Lipinski definition) is 2. The number of pyridine rings is 1. The van der Waals surface area contributed by atoms with Crippen molar-refractivity contribution in [2.75, 3.05) is 5.32 Å². The molecule has 0 saturated carbocycles. The van der Waals surface area contributed by atoms with E-state index in [9.17, 15) is 13.2 Å². The smallest absolute Gasteiger partial charge is 0.366 e. The number of aromatic nitrogens is 1. The summed E-state index contributed by atoms with van der Waals surface area (Å²) >= 11 is 3.38. The van der Waals surface area contributed by atoms with Gasteiger partial charge in [0.2, 0.25) is 0 Å². The van der Waals surface area contributed by atoms with E-state index in [0.717, 1.165) is 28.4 Å². The van der Waals surface area contributed by atoms with E-state index >= 15 is 0 Å². The molecule has 0 fully saturated rings. The average Bonchev–Trinajstić information content (AvgIpc) is 2.37. The summed E-state index contributed by atoms with van der Waals surface area (Å²) < 4.78 is 38.5. The number of benzene rings is 1. The minimum Gasteiger partial charge on any atom is -0.366 e. The molecular weight excluding hydrogens is 321 g/mol. The molecule has 0 radical (unpaired) electrons. The minimum atomic E-state index is -4.35. The lowest BCUT2D eigenvalue weighted by Gasteiger charge is -2.10. The standard InChI is InChI=1S/C13H10BrF3N2/c14-11-4-2-1-3-9(11)8-19-12-7-10(5-6-18-12)13(15,16)17/h1-7H,8H2,(H,18,19). The summed E-state index contributed by atoms with van der Waals surface area (Å²) in [5.74, 6) is 0.200. The number of halogens is 4. The first-order valence-corrected chi connectivity index (χ1v) is 6.26. The van der Waals surface area contributed by atoms with Crippen molar-refractivity contribution >= 4 is 21.7 Å². The van der Waals surface area contributed by atoms with E-state index in [4.69, 9.17) is 0 Å². The van der Waals surface area contributed by atoms with Crippen LogP contribution in [0.1, 0.15) is 11.1 Å². The number of rotatable bonds is 3. The van der Waals surface area contributed by atoms with Crippen molar-refractivity contribution < 1.29 is 13.2 Å². The molecule has 6 heteroatoms. The van der Waals surface area contributed by atoms with Gasteiger partial charge in [0, 0.05) is 17.2 Å². The molecule has 0 atom stereocenters. The molecule has 1 aromatic heterocycles. The second-order valence-electron chi connectivity index (χ2n) is 3.87. The maximum absolute atomic E-state index is 12.5. The first kappa shape index (κ1) is 13.9. The summed E-state index contributed by atoms with van der Waals surface area (Å²) in [5, 5.41) is 2.87. The van der Waals surface area contributed by atoms with Crippen molar-refractivity contribution in [1.29, 1.82) is 0 Å². The van der Waals surface area contributed by atoms with Gasteiger partial charge in [-0.1, -0.05) is 34.1 Å². The van der Waals surface area contributed by atoms with Crippen molar-refractivity contribution in [3.63, 3.8) is 0 Å². The second kappa shape index (κ2) is 5.61. The lowest BCUT2D eigenvalue weighted by Crippen LogP contribution is -2.07. The van der Waals surface area contributed by atoms with E-state index in [1.807, 2.05) is 24.3 Å². The van der Waals surface area contributed by atoms with Crippen LogP contribution in [0.3, 0.4) is 0 Å². The Bertz CT molecular complexity index is 570. The van der Waals surface area contributed by atoms with E-state index in [0.29, 0.717) is 6.54 Å². The summed E-state index contributed by atoms with van der Waals surface area (Å²) in [5.41, 5.74) is 0.235. The van der Waals surface area contributed by atoms with Crippen molar-refractivity contribution in [2.24, 2.45) is 0 Å². The van der Waals surface area contributed by atoms with Gasteiger partial charge in [0.15, 0.2) is 0 Å². The molecule has 19 heavy (non-hydrogen) atoms. The minimum absolute atomic E-state index is 0.200. The zero-order valence-corrected chi connectivity index (χ0v) is 11.3. The molecule has 2 rings (SSSR count). The maximum atomic E-state index is 12.5. The zero-order valence-electron chi connectivity index (χ0n) is 9.71. The van der Waals surface area contributed by atoms with Crippen LogP contribution in [-0.4, -0.2) is 4.98 Å². The summed E-state index contributed by atoms with van der Waals surface area (Å²) in [6, 6.07) is 9.43. The van der Waals surface area contributed by atoms with Gasteiger partial charge in [-0.25, -0.2) is 4.98 Å². The summed E-state index contributed by atoms with van der Waals surface area (Å²) in [4.78, 5) is 3.87. The van der Waals surface area contributed by atoms with Crippen LogP contribution < -0.4 is 5.32 Å². The second-order valence-corrected chi connectivity index (χ2v) is 4.73. The molecular formula is C13H10BrF3N2. The highest BCUT2D eigenvalue weighted by molar-refractivity contribution is 9.10. The highest BCUT2D eigenvalue weighted by Crippen LogP contribution is 2.30. The Hall–Kier alpha value is -1.56. The molecule has 1 aromatic carbocycles. The van der Waals surface area contributed by atoms with Gasteiger partial charge in [-0.2, -0.15) is 13.2 Å². The van der Waals surface area contributed by atoms with Gasteiger partial charge in [-0.05, 0) is 23.8 Å². The van der Waals surface area contributed by atoms with Crippen molar-refractivity contribution in [1.82, 2.24) is 4.98 Å². The van der Waals surface area contributed by atoms with Crippen LogP contribution in [0, 0.1) is 0 Å². The Balaban J connectivity index is 2.10. The lowest BCUT2D eigenvalue weighted by molar-refractivity contribution is -0.137. The van der Waals surface area contributed by atoms with Crippen LogP contribution in [0.4, 0.5) is 19.0 Å². The highest BCUT2D eigenvalue weighted by atomic mass is 79.9. The van der Waals surface area contributed by atoms with Crippen LogP contribution in [-0.2, 0) is 12.7 Å². The van der Waals surface area contributed by atoms with E-state index in [1.165, 1.54) is 0 Å². The monoisotopic (exact) mass is 330 g/mol. The number of nitrogens with one attached hydrogen (secondary N) is 1. The molecule has 0 amide bonds. The zero-order chi connectivity index (χ0) is 13.9. The summed E-state index contributed by atoms with van der Waals surface area (Å²) in [6.45, 7) is 0.399. The molecule has 2 nitrogen and oxygen atoms in total. The van der Waals surface area contributed by atoms with E-state index in [-0.39, 0.29) is 5.82 Å². The largest absolute Gasteiger partial charge is 0.416 e. The summed E-state index contributed by atoms with van der Waals surface area (Å²) in [7, 11) is 0. The molecule has 0 unspecified atom stereocenters. The van der Waals surface area contributed by atoms with Crippen LogP contribution in [0.2, 0.25) is 0 Å². The summed E-state index contributed by atoms with van der Waals surface area (Å²) in [6.07, 6.45) is -3.21. The van der Waals surface area contributed by atoms with Crippen molar-refractivity contribution in [3.8, 4) is 0 Å². The fraction of sp³-hybridized carbons (Fsp3) is 0.154. The topological polar surface area (TPSA) is 24.9 Å². The molecule has 0 aliphatic rings. The fourth-order valence-corrected chi connectivity index (χ4v) is 1.96. The number of nitrogens with zero attached hydrogens (tertiary/aromatic N) is 1. The van der Waals surface area contributed by atoms with Gasteiger partial charge in [0.25, 0.3) is 0 Å². The van der Waals surface area contributed by atoms with Gasteiger partial charge in [0.1, 0.15) is 5.82 Å². The average molecular weight is 331 g/mol. The van der Waals surface area contributed by atoms with Crippen LogP contribution >= 0.6 is 15.9 Å². The Morgan fingerprint density at radius 1 is 1.16 bits per heavy atom. The predicted octanol–water partition coefficient (Wildman–Crippen LogP) is 4.48. The molecule has 0 saturated heterocycles. The van der Waals surface area contributed by atoms with Crippen LogP contribution in [0.15, 0.2) is 47.1 Å². The van der Waals surface area contributed by atoms with Gasteiger partial charge >= 0.3 is 6.18 Å². The predicted molar refractivity (Wildman–Crippen MR) is 70.7 cm³/mol. The third kappa shape index (κ3) is 3.70. The van der Waals surface area contributed by atoms with E-state index in [1.54, 1.807) is 0 Å². The SMILES string of the molecule is FC(F)(F)c1ccnc(NCc2ccccc2Br)c1. The molecule has 100 valence electrons. The molecule has 2 aromatic rings. The molecule has 0 aliphatic carbocycles. The van der Waals surface area contributed by atoms with Crippen molar-refractivity contribution in [3.05, 3.63) is 58.2 Å². The Labute approximate surface area is 116 Å². The van der Waals surface area contributed by atoms with Crippen molar-refractivity contribution in [2.45, 2.75) is 12.7 Å². The number of hydrogen-bond donors (Lipinski definition) is 1. The molecule has 1 N–H and O–H groups in total. The molecule has 1 heterocycles. The number of anilines is 1. The third-order valence-electron chi connectivity index (χ3n) is 2.51. The van der Waals surface area contributed by atoms with Crippen LogP contribution in [0.5, 0.6) is 0 Å². The van der Waals surface area contributed by atoms with E-state index < -0.39 is 11.7 Å². The molecule has 0 aliphatic heterocycles. The van der Waals surface area contributed by atoms with Gasteiger partial charge < -0.3 is 5.32 Å². The Kier molecular flexibility index (Phi) is 4.09. The first-order valence-electron chi connectivity index (χ1n) is 5.47. The quantitative estimate of drug-likeness (QED) is 0.897. The maximum Gasteiger partial charge on any atom is 0.416 e. The van der Waals surface area contributed by atoms with Gasteiger partial charge in [-0.3, -0.25) is 0 Å². The fourth-order valence-electron chi connectivity index (χ4n) is 1.53. The Morgan fingerprint density at radius 2 is 1.89 bits per heavy atom. The lowest BCUT2D eigenvalue weighted by atomic mass is 10.2. The third-order valence-corrected chi connectivity index (χ3v) is 3.28. The van der Waals surface area contributed by atoms with Gasteiger partial charge in [-0.15, -0.1) is 0 Å². The molecule has 0 spiro atoms. The molecule has 0 bridgehead atoms. The highest BCUT2D eigenvalue weighted by Gasteiger charge is 2.30. The van der Waals surface area contributed by atoms with E-state index in [2.05, 4.69) is 26.2 Å². The van der Waals surface area contributed by atoms with Crippen LogP contribution in [0.25, 0.3) is 0 Å². The van der Waals surface area contributed by atoms with Gasteiger partial charge in [0.05, 0.1) is 5.56 Å².